The Morgan fingerprint density at radius 2 is 1.80 bits per heavy atom. The molecule has 1 aromatic carbocycles. The van der Waals surface area contributed by atoms with Gasteiger partial charge in [-0.2, -0.15) is 0 Å². The third-order valence-corrected chi connectivity index (χ3v) is 5.89. The Bertz CT molecular complexity index is 1010. The van der Waals surface area contributed by atoms with Crippen molar-refractivity contribution in [2.24, 2.45) is 0 Å². The molecule has 0 unspecified atom stereocenters. The molecule has 0 radical (unpaired) electrons. The quantitative estimate of drug-likeness (QED) is 0.612. The Hall–Kier alpha value is -3.16. The first-order valence-corrected chi connectivity index (χ1v) is 9.78. The zero-order chi connectivity index (χ0) is 21.5. The van der Waals surface area contributed by atoms with Crippen molar-refractivity contribution < 1.29 is 23.2 Å². The zero-order valence-electron chi connectivity index (χ0n) is 16.5. The fraction of sp³-hybridized carbons (Fsp3) is 0.364. The van der Waals surface area contributed by atoms with Gasteiger partial charge in [-0.15, -0.1) is 0 Å². The first-order valence-electron chi connectivity index (χ1n) is 9.78. The fourth-order valence-corrected chi connectivity index (χ4v) is 4.04. The van der Waals surface area contributed by atoms with E-state index in [1.165, 1.54) is 0 Å². The molecule has 1 saturated heterocycles. The zero-order valence-corrected chi connectivity index (χ0v) is 16.5. The number of halogens is 2. The lowest BCUT2D eigenvalue weighted by atomic mass is 9.80. The molecule has 30 heavy (non-hydrogen) atoms. The summed E-state index contributed by atoms with van der Waals surface area (Å²) >= 11 is 0. The number of carbonyl (C=O) groups is 3. The fourth-order valence-electron chi connectivity index (χ4n) is 4.04. The number of benzene rings is 1. The summed E-state index contributed by atoms with van der Waals surface area (Å²) in [6, 6.07) is 10.4. The van der Waals surface area contributed by atoms with Gasteiger partial charge in [0.15, 0.2) is 0 Å². The van der Waals surface area contributed by atoms with E-state index < -0.39 is 48.6 Å². The first kappa shape index (κ1) is 20.1. The maximum atomic E-state index is 13.5. The van der Waals surface area contributed by atoms with Gasteiger partial charge in [-0.1, -0.05) is 30.3 Å². The topological polar surface area (TPSA) is 79.4 Å². The van der Waals surface area contributed by atoms with Crippen LogP contribution in [0, 0.1) is 6.92 Å². The Labute approximate surface area is 172 Å². The van der Waals surface area contributed by atoms with E-state index in [-0.39, 0.29) is 18.5 Å². The Morgan fingerprint density at radius 1 is 1.10 bits per heavy atom. The summed E-state index contributed by atoms with van der Waals surface area (Å²) in [5.74, 6) is -3.94. The van der Waals surface area contributed by atoms with Crippen molar-refractivity contribution in [3.05, 3.63) is 53.9 Å². The predicted molar refractivity (Wildman–Crippen MR) is 105 cm³/mol. The molecule has 2 heterocycles. The summed E-state index contributed by atoms with van der Waals surface area (Å²) < 4.78 is 26.9. The second-order valence-corrected chi connectivity index (χ2v) is 7.93. The molecule has 2 fully saturated rings. The molecule has 6 nitrogen and oxygen atoms in total. The number of aryl methyl sites for hydroxylation is 1. The highest BCUT2D eigenvalue weighted by Gasteiger charge is 2.55. The minimum absolute atomic E-state index is 0.129. The molecular formula is C22H21F2N3O3. The summed E-state index contributed by atoms with van der Waals surface area (Å²) in [7, 11) is 0. The number of urea groups is 1. The van der Waals surface area contributed by atoms with Crippen molar-refractivity contribution in [1.82, 2.24) is 15.2 Å². The van der Waals surface area contributed by atoms with Gasteiger partial charge < -0.3 is 5.32 Å². The van der Waals surface area contributed by atoms with Crippen LogP contribution in [0.1, 0.15) is 41.7 Å². The molecule has 1 aromatic heterocycles. The van der Waals surface area contributed by atoms with E-state index in [1.54, 1.807) is 18.3 Å². The average molecular weight is 413 g/mol. The van der Waals surface area contributed by atoms with Crippen LogP contribution < -0.4 is 5.32 Å². The van der Waals surface area contributed by atoms with Crippen molar-refractivity contribution in [3.63, 3.8) is 0 Å². The number of pyridine rings is 1. The minimum atomic E-state index is -2.83. The van der Waals surface area contributed by atoms with Gasteiger partial charge in [-0.25, -0.2) is 13.6 Å². The second-order valence-electron chi connectivity index (χ2n) is 7.93. The number of carbonyl (C=O) groups excluding carboxylic acids is 3. The Kier molecular flexibility index (Phi) is 4.88. The molecule has 1 N–H and O–H groups in total. The van der Waals surface area contributed by atoms with Crippen LogP contribution in [0.3, 0.4) is 0 Å². The number of imide groups is 1. The molecule has 8 heteroatoms. The maximum absolute atomic E-state index is 13.5. The van der Waals surface area contributed by atoms with Crippen LogP contribution in [-0.4, -0.2) is 45.6 Å². The molecule has 156 valence electrons. The number of rotatable bonds is 4. The number of hydrogen-bond acceptors (Lipinski definition) is 4. The van der Waals surface area contributed by atoms with E-state index in [9.17, 15) is 23.2 Å². The first-order chi connectivity index (χ1) is 14.2. The van der Waals surface area contributed by atoms with Gasteiger partial charge in [0.2, 0.25) is 11.7 Å². The van der Waals surface area contributed by atoms with E-state index in [1.807, 2.05) is 31.2 Å². The number of hydrogen-bond donors (Lipinski definition) is 1. The Balaban J connectivity index is 1.47. The van der Waals surface area contributed by atoms with Crippen molar-refractivity contribution in [2.75, 3.05) is 6.54 Å². The largest absolute Gasteiger partial charge is 0.325 e. The Morgan fingerprint density at radius 3 is 2.43 bits per heavy atom. The summed E-state index contributed by atoms with van der Waals surface area (Å²) in [6.45, 7) is 1.50. The number of nitrogens with one attached hydrogen (secondary N) is 1. The highest BCUT2D eigenvalue weighted by molar-refractivity contribution is 6.10. The van der Waals surface area contributed by atoms with Crippen molar-refractivity contribution in [2.45, 2.75) is 44.1 Å². The summed E-state index contributed by atoms with van der Waals surface area (Å²) in [6.07, 6.45) is 0.356. The van der Waals surface area contributed by atoms with E-state index >= 15 is 0 Å². The second kappa shape index (κ2) is 7.27. The van der Waals surface area contributed by atoms with Gasteiger partial charge in [0.1, 0.15) is 11.2 Å². The molecule has 3 amide bonds. The molecule has 2 aromatic rings. The van der Waals surface area contributed by atoms with Crippen molar-refractivity contribution in [3.8, 4) is 11.1 Å². The van der Waals surface area contributed by atoms with Crippen LogP contribution in [0.25, 0.3) is 11.1 Å². The third kappa shape index (κ3) is 3.58. The molecule has 1 aliphatic heterocycles. The molecule has 1 spiro atoms. The van der Waals surface area contributed by atoms with Gasteiger partial charge in [0, 0.05) is 24.6 Å². The molecular weight excluding hydrogens is 392 g/mol. The SMILES string of the molecule is Cc1ccccc1-c1ccc(C(=O)CN2C(=O)NC3(CCC(F)(F)CC3)C2=O)nc1. The van der Waals surface area contributed by atoms with Crippen LogP contribution >= 0.6 is 0 Å². The number of Topliss-reactive ketones (excluding diaryl/α,β-unsaturated/α-hetero) is 1. The number of aromatic nitrogens is 1. The minimum Gasteiger partial charge on any atom is -0.323 e. The van der Waals surface area contributed by atoms with E-state index in [0.29, 0.717) is 0 Å². The van der Waals surface area contributed by atoms with Gasteiger partial charge in [0.05, 0.1) is 6.54 Å². The van der Waals surface area contributed by atoms with E-state index in [4.69, 9.17) is 0 Å². The normalized spacial score (nSPS) is 19.8. The standard InChI is InChI=1S/C22H21F2N3O3/c1-14-4-2-3-5-16(14)15-6-7-17(25-12-15)18(28)13-27-19(29)21(26-20(27)30)8-10-22(23,24)11-9-21/h2-7,12H,8-11,13H2,1H3,(H,26,30). The summed E-state index contributed by atoms with van der Waals surface area (Å²) in [4.78, 5) is 42.7. The number of alkyl halides is 2. The van der Waals surface area contributed by atoms with Crippen LogP contribution in [0.4, 0.5) is 13.6 Å². The van der Waals surface area contributed by atoms with Gasteiger partial charge in [-0.3, -0.25) is 19.5 Å². The maximum Gasteiger partial charge on any atom is 0.325 e. The third-order valence-electron chi connectivity index (χ3n) is 5.89. The molecule has 2 aliphatic rings. The number of ketones is 1. The number of amides is 3. The van der Waals surface area contributed by atoms with Crippen LogP contribution in [0.15, 0.2) is 42.6 Å². The molecule has 1 saturated carbocycles. The van der Waals surface area contributed by atoms with E-state index in [0.717, 1.165) is 21.6 Å². The smallest absolute Gasteiger partial charge is 0.323 e. The molecule has 0 bridgehead atoms. The van der Waals surface area contributed by atoms with Gasteiger partial charge >= 0.3 is 6.03 Å². The van der Waals surface area contributed by atoms with Crippen LogP contribution in [-0.2, 0) is 4.79 Å². The molecule has 0 atom stereocenters. The lowest BCUT2D eigenvalue weighted by molar-refractivity contribution is -0.135. The van der Waals surface area contributed by atoms with Crippen molar-refractivity contribution >= 4 is 17.7 Å². The highest BCUT2D eigenvalue weighted by Crippen LogP contribution is 2.41. The molecule has 4 rings (SSSR count). The summed E-state index contributed by atoms with van der Waals surface area (Å²) in [5.41, 5.74) is 1.71. The number of nitrogens with zero attached hydrogens (tertiary/aromatic N) is 2. The lowest BCUT2D eigenvalue weighted by Crippen LogP contribution is -2.51. The predicted octanol–water partition coefficient (Wildman–Crippen LogP) is 3.74. The van der Waals surface area contributed by atoms with Gasteiger partial charge in [0.25, 0.3) is 5.91 Å². The highest BCUT2D eigenvalue weighted by atomic mass is 19.3. The van der Waals surface area contributed by atoms with Crippen LogP contribution in [0.5, 0.6) is 0 Å². The van der Waals surface area contributed by atoms with Crippen molar-refractivity contribution in [1.29, 1.82) is 0 Å². The van der Waals surface area contributed by atoms with Gasteiger partial charge in [-0.05, 0) is 37.0 Å². The van der Waals surface area contributed by atoms with Crippen LogP contribution in [0.2, 0.25) is 0 Å². The van der Waals surface area contributed by atoms with E-state index in [2.05, 4.69) is 10.3 Å². The lowest BCUT2D eigenvalue weighted by Gasteiger charge is -2.34. The average Bonchev–Trinajstić information content (AvgIpc) is 2.95. The molecule has 1 aliphatic carbocycles. The monoisotopic (exact) mass is 413 g/mol. The summed E-state index contributed by atoms with van der Waals surface area (Å²) in [5, 5.41) is 2.53.